The van der Waals surface area contributed by atoms with Gasteiger partial charge in [0, 0.05) is 28.2 Å². The summed E-state index contributed by atoms with van der Waals surface area (Å²) < 4.78 is 0.850. The molecule has 0 heterocycles. The van der Waals surface area contributed by atoms with E-state index in [0.29, 0.717) is 17.3 Å². The Hall–Kier alpha value is -2.10. The van der Waals surface area contributed by atoms with Crippen LogP contribution in [-0.4, -0.2) is 4.92 Å². The average Bonchev–Trinajstić information content (AvgIpc) is 2.46. The minimum atomic E-state index is -0.527. The fourth-order valence-corrected chi connectivity index (χ4v) is 2.57. The predicted octanol–water partition coefficient (Wildman–Crippen LogP) is 4.49. The predicted molar refractivity (Wildman–Crippen MR) is 84.3 cm³/mol. The quantitative estimate of drug-likeness (QED) is 0.638. The zero-order valence-corrected chi connectivity index (χ0v) is 13.0. The Kier molecular flexibility index (Phi) is 4.78. The molecule has 106 valence electrons. The van der Waals surface area contributed by atoms with Gasteiger partial charge in [0.1, 0.15) is 6.07 Å². The summed E-state index contributed by atoms with van der Waals surface area (Å²) >= 11 is 9.28. The summed E-state index contributed by atoms with van der Waals surface area (Å²) in [5.41, 5.74) is 1.63. The van der Waals surface area contributed by atoms with Crippen molar-refractivity contribution in [2.24, 2.45) is 0 Å². The third-order valence-corrected chi connectivity index (χ3v) is 3.79. The van der Waals surface area contributed by atoms with Gasteiger partial charge in [-0.05, 0) is 23.8 Å². The molecule has 2 rings (SSSR count). The number of anilines is 1. The number of rotatable bonds is 4. The lowest BCUT2D eigenvalue weighted by Gasteiger charge is -2.10. The third kappa shape index (κ3) is 3.72. The van der Waals surface area contributed by atoms with Crippen LogP contribution in [-0.2, 0) is 6.54 Å². The third-order valence-electron chi connectivity index (χ3n) is 2.82. The number of halogens is 2. The van der Waals surface area contributed by atoms with Crippen LogP contribution in [0.3, 0.4) is 0 Å². The molecule has 0 bridgehead atoms. The highest BCUT2D eigenvalue weighted by Crippen LogP contribution is 2.25. The zero-order chi connectivity index (χ0) is 15.4. The first-order chi connectivity index (χ1) is 10.0. The van der Waals surface area contributed by atoms with Crippen molar-refractivity contribution in [2.45, 2.75) is 6.54 Å². The lowest BCUT2D eigenvalue weighted by Crippen LogP contribution is -2.02. The second-order valence-corrected chi connectivity index (χ2v) is 5.48. The maximum atomic E-state index is 10.7. The van der Waals surface area contributed by atoms with Crippen molar-refractivity contribution in [3.63, 3.8) is 0 Å². The van der Waals surface area contributed by atoms with Crippen LogP contribution in [0.25, 0.3) is 0 Å². The van der Waals surface area contributed by atoms with E-state index in [2.05, 4.69) is 21.2 Å². The van der Waals surface area contributed by atoms with Gasteiger partial charge >= 0.3 is 0 Å². The monoisotopic (exact) mass is 365 g/mol. The van der Waals surface area contributed by atoms with Gasteiger partial charge in [-0.15, -0.1) is 0 Å². The van der Waals surface area contributed by atoms with Gasteiger partial charge < -0.3 is 5.32 Å². The van der Waals surface area contributed by atoms with Crippen LogP contribution >= 0.6 is 27.5 Å². The fraction of sp³-hybridized carbons (Fsp3) is 0.0714. The molecule has 2 aromatic carbocycles. The van der Waals surface area contributed by atoms with Crippen LogP contribution < -0.4 is 5.32 Å². The van der Waals surface area contributed by atoms with Gasteiger partial charge in [-0.1, -0.05) is 33.6 Å². The summed E-state index contributed by atoms with van der Waals surface area (Å²) in [6, 6.07) is 11.5. The number of hydrogen-bond donors (Lipinski definition) is 1. The number of nitrogens with zero attached hydrogens (tertiary/aromatic N) is 2. The minimum Gasteiger partial charge on any atom is -0.380 e. The van der Waals surface area contributed by atoms with E-state index in [4.69, 9.17) is 16.9 Å². The Balaban J connectivity index is 2.20. The molecule has 0 unspecified atom stereocenters. The van der Waals surface area contributed by atoms with E-state index >= 15 is 0 Å². The van der Waals surface area contributed by atoms with Gasteiger partial charge in [-0.2, -0.15) is 5.26 Å². The number of nitriles is 1. The van der Waals surface area contributed by atoms with Crippen molar-refractivity contribution in [3.8, 4) is 6.07 Å². The van der Waals surface area contributed by atoms with Gasteiger partial charge in [0.25, 0.3) is 5.69 Å². The molecule has 0 atom stereocenters. The highest BCUT2D eigenvalue weighted by atomic mass is 79.9. The molecule has 0 aliphatic heterocycles. The van der Waals surface area contributed by atoms with Crippen LogP contribution in [0.1, 0.15) is 11.1 Å². The van der Waals surface area contributed by atoms with E-state index in [1.807, 2.05) is 12.1 Å². The summed E-state index contributed by atoms with van der Waals surface area (Å²) in [4.78, 5) is 10.2. The van der Waals surface area contributed by atoms with Crippen LogP contribution in [0.4, 0.5) is 11.4 Å². The van der Waals surface area contributed by atoms with Crippen molar-refractivity contribution in [2.75, 3.05) is 5.32 Å². The number of nitrogens with one attached hydrogen (secondary N) is 1. The van der Waals surface area contributed by atoms with E-state index < -0.39 is 4.92 Å². The fourth-order valence-electron chi connectivity index (χ4n) is 1.75. The van der Waals surface area contributed by atoms with Crippen LogP contribution in [0.5, 0.6) is 0 Å². The summed E-state index contributed by atoms with van der Waals surface area (Å²) in [7, 11) is 0. The first-order valence-corrected chi connectivity index (χ1v) is 7.04. The number of hydrogen-bond acceptors (Lipinski definition) is 4. The Morgan fingerprint density at radius 3 is 2.71 bits per heavy atom. The van der Waals surface area contributed by atoms with Gasteiger partial charge in [0.05, 0.1) is 16.2 Å². The first-order valence-electron chi connectivity index (χ1n) is 5.87. The second-order valence-electron chi connectivity index (χ2n) is 4.19. The minimum absolute atomic E-state index is 0.107. The molecular formula is C14H9BrClN3O2. The average molecular weight is 367 g/mol. The van der Waals surface area contributed by atoms with Crippen molar-refractivity contribution in [3.05, 3.63) is 67.1 Å². The molecular weight excluding hydrogens is 358 g/mol. The number of nitro groups is 1. The normalized spacial score (nSPS) is 9.95. The molecule has 2 aromatic rings. The van der Waals surface area contributed by atoms with Crippen LogP contribution in [0.15, 0.2) is 40.9 Å². The maximum absolute atomic E-state index is 10.7. The van der Waals surface area contributed by atoms with E-state index in [1.165, 1.54) is 18.2 Å². The SMILES string of the molecule is N#Cc1cc([N+](=O)[O-])ccc1NCc1ccc(Cl)cc1Br. The van der Waals surface area contributed by atoms with E-state index in [1.54, 1.807) is 12.1 Å². The van der Waals surface area contributed by atoms with Gasteiger partial charge in [0.2, 0.25) is 0 Å². The highest BCUT2D eigenvalue weighted by Gasteiger charge is 2.10. The molecule has 5 nitrogen and oxygen atoms in total. The smallest absolute Gasteiger partial charge is 0.270 e. The summed E-state index contributed by atoms with van der Waals surface area (Å²) in [6.45, 7) is 0.463. The maximum Gasteiger partial charge on any atom is 0.270 e. The molecule has 21 heavy (non-hydrogen) atoms. The molecule has 0 spiro atoms. The molecule has 7 heteroatoms. The molecule has 0 saturated carbocycles. The summed E-state index contributed by atoms with van der Waals surface area (Å²) in [5.74, 6) is 0. The molecule has 0 amide bonds. The highest BCUT2D eigenvalue weighted by molar-refractivity contribution is 9.10. The van der Waals surface area contributed by atoms with E-state index in [0.717, 1.165) is 10.0 Å². The molecule has 0 aliphatic rings. The van der Waals surface area contributed by atoms with Crippen LogP contribution in [0.2, 0.25) is 5.02 Å². The van der Waals surface area contributed by atoms with Crippen molar-refractivity contribution in [1.82, 2.24) is 0 Å². The Morgan fingerprint density at radius 2 is 2.10 bits per heavy atom. The summed E-state index contributed by atoms with van der Waals surface area (Å²) in [5, 5.41) is 23.5. The summed E-state index contributed by atoms with van der Waals surface area (Å²) in [6.07, 6.45) is 0. The van der Waals surface area contributed by atoms with Crippen molar-refractivity contribution >= 4 is 38.9 Å². The Morgan fingerprint density at radius 1 is 1.33 bits per heavy atom. The van der Waals surface area contributed by atoms with E-state index in [-0.39, 0.29) is 11.3 Å². The molecule has 0 radical (unpaired) electrons. The van der Waals surface area contributed by atoms with Gasteiger partial charge in [-0.3, -0.25) is 10.1 Å². The lowest BCUT2D eigenvalue weighted by atomic mass is 10.1. The molecule has 0 saturated heterocycles. The molecule has 0 fully saturated rings. The van der Waals surface area contributed by atoms with Crippen LogP contribution in [0, 0.1) is 21.4 Å². The van der Waals surface area contributed by atoms with E-state index in [9.17, 15) is 10.1 Å². The largest absolute Gasteiger partial charge is 0.380 e. The zero-order valence-electron chi connectivity index (χ0n) is 10.6. The standard InChI is InChI=1S/C14H9BrClN3O2/c15-13-6-11(16)2-1-9(13)8-18-14-4-3-12(19(20)21)5-10(14)7-17/h1-6,18H,8H2. The molecule has 0 aliphatic carbocycles. The van der Waals surface area contributed by atoms with Crippen molar-refractivity contribution in [1.29, 1.82) is 5.26 Å². The number of benzene rings is 2. The van der Waals surface area contributed by atoms with Gasteiger partial charge in [-0.25, -0.2) is 0 Å². The first kappa shape index (κ1) is 15.3. The number of nitro benzene ring substituents is 1. The van der Waals surface area contributed by atoms with Crippen molar-refractivity contribution < 1.29 is 4.92 Å². The lowest BCUT2D eigenvalue weighted by molar-refractivity contribution is -0.384. The second kappa shape index (κ2) is 6.57. The Labute approximate surface area is 134 Å². The molecule has 1 N–H and O–H groups in total. The Bertz CT molecular complexity index is 743. The molecule has 0 aromatic heterocycles. The topological polar surface area (TPSA) is 79.0 Å². The number of non-ortho nitro benzene ring substituents is 1. The van der Waals surface area contributed by atoms with Gasteiger partial charge in [0.15, 0.2) is 0 Å².